The van der Waals surface area contributed by atoms with E-state index in [-0.39, 0.29) is 0 Å². The average Bonchev–Trinajstić information content (AvgIpc) is 3.30. The van der Waals surface area contributed by atoms with E-state index in [1.165, 1.54) is 0 Å². The van der Waals surface area contributed by atoms with Gasteiger partial charge in [0, 0.05) is 37.9 Å². The van der Waals surface area contributed by atoms with Gasteiger partial charge in [0.05, 0.1) is 10.7 Å². The molecule has 1 aliphatic rings. The van der Waals surface area contributed by atoms with Crippen LogP contribution in [0.3, 0.4) is 0 Å². The summed E-state index contributed by atoms with van der Waals surface area (Å²) < 4.78 is 5.55. The molecular weight excluding hydrogens is 400 g/mol. The molecule has 150 valence electrons. The summed E-state index contributed by atoms with van der Waals surface area (Å²) in [5.41, 5.74) is 2.70. The predicted octanol–water partition coefficient (Wildman–Crippen LogP) is 4.17. The number of hydrogen-bond donors (Lipinski definition) is 0. The van der Waals surface area contributed by atoms with E-state index in [4.69, 9.17) is 16.1 Å². The van der Waals surface area contributed by atoms with Crippen LogP contribution < -0.4 is 9.80 Å². The molecule has 30 heavy (non-hydrogen) atoms. The number of hydrogen-bond acceptors (Lipinski definition) is 7. The van der Waals surface area contributed by atoms with Gasteiger partial charge in [0.25, 0.3) is 5.89 Å². The van der Waals surface area contributed by atoms with Crippen molar-refractivity contribution in [3.05, 3.63) is 72.1 Å². The predicted molar refractivity (Wildman–Crippen MR) is 117 cm³/mol. The van der Waals surface area contributed by atoms with Crippen molar-refractivity contribution in [3.8, 4) is 22.8 Å². The highest BCUT2D eigenvalue weighted by Crippen LogP contribution is 2.31. The van der Waals surface area contributed by atoms with E-state index in [9.17, 15) is 0 Å². The first-order chi connectivity index (χ1) is 14.8. The Hall–Kier alpha value is -3.45. The smallest absolute Gasteiger partial charge is 0.263 e. The van der Waals surface area contributed by atoms with E-state index < -0.39 is 0 Å². The van der Waals surface area contributed by atoms with Crippen LogP contribution >= 0.6 is 11.6 Å². The molecule has 5 rings (SSSR count). The lowest BCUT2D eigenvalue weighted by molar-refractivity contribution is 0.432. The molecule has 4 aromatic rings. The highest BCUT2D eigenvalue weighted by atomic mass is 35.5. The Morgan fingerprint density at radius 2 is 1.60 bits per heavy atom. The number of para-hydroxylation sites is 1. The largest absolute Gasteiger partial charge is 0.367 e. The number of piperazine rings is 1. The molecule has 1 fully saturated rings. The second-order valence-electron chi connectivity index (χ2n) is 6.97. The molecule has 0 radical (unpaired) electrons. The number of anilines is 2. The van der Waals surface area contributed by atoms with Crippen LogP contribution in [-0.4, -0.2) is 46.3 Å². The third kappa shape index (κ3) is 3.59. The maximum atomic E-state index is 6.37. The van der Waals surface area contributed by atoms with Crippen molar-refractivity contribution in [3.63, 3.8) is 0 Å². The quantitative estimate of drug-likeness (QED) is 0.492. The molecule has 0 aliphatic carbocycles. The molecule has 1 aliphatic heterocycles. The van der Waals surface area contributed by atoms with Gasteiger partial charge in [0.2, 0.25) is 5.82 Å². The summed E-state index contributed by atoms with van der Waals surface area (Å²) in [6.07, 6.45) is 3.28. The third-order valence-electron chi connectivity index (χ3n) is 5.15. The molecule has 0 unspecified atom stereocenters. The molecule has 2 aromatic heterocycles. The highest BCUT2D eigenvalue weighted by molar-refractivity contribution is 6.33. The first-order valence-electron chi connectivity index (χ1n) is 9.73. The normalized spacial score (nSPS) is 14.2. The second-order valence-corrected chi connectivity index (χ2v) is 7.38. The Kier molecular flexibility index (Phi) is 5.03. The minimum absolute atomic E-state index is 0.415. The van der Waals surface area contributed by atoms with Crippen molar-refractivity contribution in [2.45, 2.75) is 0 Å². The minimum Gasteiger partial charge on any atom is -0.367 e. The summed E-state index contributed by atoms with van der Waals surface area (Å²) in [5, 5.41) is 4.90. The second kappa shape index (κ2) is 8.12. The van der Waals surface area contributed by atoms with Gasteiger partial charge in [-0.3, -0.25) is 0 Å². The summed E-state index contributed by atoms with van der Waals surface area (Å²) >= 11 is 6.37. The first kappa shape index (κ1) is 18.6. The number of aromatic nitrogens is 4. The van der Waals surface area contributed by atoms with E-state index in [1.54, 1.807) is 12.5 Å². The van der Waals surface area contributed by atoms with Gasteiger partial charge in [-0.25, -0.2) is 9.97 Å². The van der Waals surface area contributed by atoms with Crippen LogP contribution in [0, 0.1) is 0 Å². The fourth-order valence-electron chi connectivity index (χ4n) is 3.63. The minimum atomic E-state index is 0.415. The molecule has 0 saturated carbocycles. The van der Waals surface area contributed by atoms with Crippen molar-refractivity contribution in [2.75, 3.05) is 36.0 Å². The van der Waals surface area contributed by atoms with Crippen LogP contribution in [0.2, 0.25) is 5.02 Å². The summed E-state index contributed by atoms with van der Waals surface area (Å²) in [4.78, 5) is 17.8. The number of benzene rings is 2. The monoisotopic (exact) mass is 418 g/mol. The Labute approximate surface area is 179 Å². The van der Waals surface area contributed by atoms with E-state index in [1.807, 2.05) is 48.5 Å². The zero-order chi connectivity index (χ0) is 20.3. The molecule has 0 amide bonds. The SMILES string of the molecule is Clc1ccccc1N1CCN(c2ncncc2-c2nc(-c3ccccc3)no2)CC1. The molecule has 0 atom stereocenters. The molecular formula is C22H19ClN6O. The van der Waals surface area contributed by atoms with Gasteiger partial charge in [0.15, 0.2) is 0 Å². The Bertz CT molecular complexity index is 1140. The molecule has 2 aromatic carbocycles. The van der Waals surface area contributed by atoms with E-state index in [0.717, 1.165) is 53.8 Å². The van der Waals surface area contributed by atoms with Crippen LogP contribution in [0.25, 0.3) is 22.8 Å². The number of rotatable bonds is 4. The first-order valence-corrected chi connectivity index (χ1v) is 10.1. The lowest BCUT2D eigenvalue weighted by atomic mass is 10.2. The average molecular weight is 419 g/mol. The van der Waals surface area contributed by atoms with Crippen molar-refractivity contribution >= 4 is 23.1 Å². The van der Waals surface area contributed by atoms with Gasteiger partial charge in [0.1, 0.15) is 17.7 Å². The van der Waals surface area contributed by atoms with Gasteiger partial charge in [-0.15, -0.1) is 0 Å². The van der Waals surface area contributed by atoms with Crippen LogP contribution in [0.5, 0.6) is 0 Å². The van der Waals surface area contributed by atoms with E-state index >= 15 is 0 Å². The Balaban J connectivity index is 1.38. The van der Waals surface area contributed by atoms with Gasteiger partial charge in [-0.2, -0.15) is 4.98 Å². The zero-order valence-electron chi connectivity index (χ0n) is 16.1. The molecule has 7 nitrogen and oxygen atoms in total. The van der Waals surface area contributed by atoms with Crippen LogP contribution in [0.4, 0.5) is 11.5 Å². The molecule has 1 saturated heterocycles. The lowest BCUT2D eigenvalue weighted by Crippen LogP contribution is -2.47. The summed E-state index contributed by atoms with van der Waals surface area (Å²) in [5.74, 6) is 1.76. The highest BCUT2D eigenvalue weighted by Gasteiger charge is 2.24. The number of halogens is 1. The molecule has 3 heterocycles. The summed E-state index contributed by atoms with van der Waals surface area (Å²) in [6, 6.07) is 17.7. The topological polar surface area (TPSA) is 71.2 Å². The van der Waals surface area contributed by atoms with Crippen molar-refractivity contribution in [2.24, 2.45) is 0 Å². The van der Waals surface area contributed by atoms with E-state index in [2.05, 4.69) is 36.0 Å². The van der Waals surface area contributed by atoms with E-state index in [0.29, 0.717) is 11.7 Å². The maximum absolute atomic E-state index is 6.37. The molecule has 8 heteroatoms. The fraction of sp³-hybridized carbons (Fsp3) is 0.182. The van der Waals surface area contributed by atoms with Crippen molar-refractivity contribution in [1.82, 2.24) is 20.1 Å². The van der Waals surface area contributed by atoms with Gasteiger partial charge >= 0.3 is 0 Å². The van der Waals surface area contributed by atoms with Gasteiger partial charge in [-0.05, 0) is 12.1 Å². The molecule has 0 bridgehead atoms. The Morgan fingerprint density at radius 1 is 0.867 bits per heavy atom. The lowest BCUT2D eigenvalue weighted by Gasteiger charge is -2.37. The van der Waals surface area contributed by atoms with Gasteiger partial charge < -0.3 is 14.3 Å². The summed E-state index contributed by atoms with van der Waals surface area (Å²) in [6.45, 7) is 3.28. The van der Waals surface area contributed by atoms with Crippen LogP contribution in [0.1, 0.15) is 0 Å². The molecule has 0 spiro atoms. The Morgan fingerprint density at radius 3 is 2.40 bits per heavy atom. The van der Waals surface area contributed by atoms with Crippen molar-refractivity contribution < 1.29 is 4.52 Å². The third-order valence-corrected chi connectivity index (χ3v) is 5.47. The van der Waals surface area contributed by atoms with Gasteiger partial charge in [-0.1, -0.05) is 59.2 Å². The van der Waals surface area contributed by atoms with Crippen LogP contribution in [-0.2, 0) is 0 Å². The number of nitrogens with zero attached hydrogens (tertiary/aromatic N) is 6. The maximum Gasteiger partial charge on any atom is 0.263 e. The van der Waals surface area contributed by atoms with Crippen LogP contribution in [0.15, 0.2) is 71.6 Å². The standard InChI is InChI=1S/C22H19ClN6O/c23-18-8-4-5-9-19(18)28-10-12-29(13-11-28)21-17(14-24-15-25-21)22-26-20(27-30-22)16-6-2-1-3-7-16/h1-9,14-15H,10-13H2. The zero-order valence-corrected chi connectivity index (χ0v) is 16.9. The molecule has 0 N–H and O–H groups in total. The van der Waals surface area contributed by atoms with Crippen molar-refractivity contribution in [1.29, 1.82) is 0 Å². The fourth-order valence-corrected chi connectivity index (χ4v) is 3.89. The summed E-state index contributed by atoms with van der Waals surface area (Å²) in [7, 11) is 0.